The van der Waals surface area contributed by atoms with Crippen molar-refractivity contribution < 1.29 is 17.9 Å². The Labute approximate surface area is 147 Å². The number of alkyl halides is 3. The van der Waals surface area contributed by atoms with E-state index < -0.39 is 6.36 Å². The summed E-state index contributed by atoms with van der Waals surface area (Å²) in [6.45, 7) is 0.827. The van der Waals surface area contributed by atoms with Crippen LogP contribution in [0.15, 0.2) is 24.3 Å². The van der Waals surface area contributed by atoms with E-state index in [4.69, 9.17) is 5.73 Å². The van der Waals surface area contributed by atoms with E-state index in [2.05, 4.69) is 4.74 Å². The van der Waals surface area contributed by atoms with Gasteiger partial charge in [0.1, 0.15) is 5.75 Å². The molecule has 0 amide bonds. The number of nitrogens with two attached hydrogens (primary N) is 1. The molecule has 2 nitrogen and oxygen atoms in total. The molecule has 0 heterocycles. The third-order valence-corrected chi connectivity index (χ3v) is 6.25. The summed E-state index contributed by atoms with van der Waals surface area (Å²) in [6.07, 6.45) is 5.34. The van der Waals surface area contributed by atoms with Crippen LogP contribution >= 0.6 is 0 Å². The maximum Gasteiger partial charge on any atom is 0.573 e. The third kappa shape index (κ3) is 5.13. The Morgan fingerprint density at radius 3 is 1.84 bits per heavy atom. The number of ether oxygens (including phenoxy) is 1. The summed E-state index contributed by atoms with van der Waals surface area (Å²) in [4.78, 5) is 0. The fraction of sp³-hybridized carbons (Fsp3) is 0.700. The summed E-state index contributed by atoms with van der Waals surface area (Å²) in [5.74, 6) is 2.73. The molecule has 0 radical (unpaired) electrons. The van der Waals surface area contributed by atoms with Gasteiger partial charge in [-0.25, -0.2) is 0 Å². The Morgan fingerprint density at radius 2 is 1.36 bits per heavy atom. The van der Waals surface area contributed by atoms with E-state index in [9.17, 15) is 13.2 Å². The molecular weight excluding hydrogens is 327 g/mol. The van der Waals surface area contributed by atoms with Gasteiger partial charge in [0.05, 0.1) is 0 Å². The molecule has 2 fully saturated rings. The van der Waals surface area contributed by atoms with Gasteiger partial charge >= 0.3 is 6.36 Å². The Bertz CT molecular complexity index is 527. The average Bonchev–Trinajstić information content (AvgIpc) is 2.61. The van der Waals surface area contributed by atoms with Crippen LogP contribution in [0.3, 0.4) is 0 Å². The standard InChI is InChI=1S/C20H28F3NO/c21-20(22,23)25-19-11-9-18(10-12-19)17-7-5-16(6-8-17)15-3-1-14(13-24)2-4-15/h9-12,14-17H,1-8,13,24H2. The first-order valence-electron chi connectivity index (χ1n) is 9.50. The minimum atomic E-state index is -4.62. The normalized spacial score (nSPS) is 30.9. The van der Waals surface area contributed by atoms with Crippen LogP contribution < -0.4 is 10.5 Å². The fourth-order valence-corrected chi connectivity index (χ4v) is 4.76. The molecule has 5 heteroatoms. The van der Waals surface area contributed by atoms with Crippen molar-refractivity contribution in [2.24, 2.45) is 23.5 Å². The molecular formula is C20H28F3NO. The molecule has 2 N–H and O–H groups in total. The summed E-state index contributed by atoms with van der Waals surface area (Å²) in [5.41, 5.74) is 6.92. The molecule has 0 aliphatic heterocycles. The molecule has 0 unspecified atom stereocenters. The largest absolute Gasteiger partial charge is 0.573 e. The molecule has 3 rings (SSSR count). The highest BCUT2D eigenvalue weighted by Crippen LogP contribution is 2.44. The lowest BCUT2D eigenvalue weighted by molar-refractivity contribution is -0.274. The van der Waals surface area contributed by atoms with E-state index in [1.54, 1.807) is 12.1 Å². The molecule has 25 heavy (non-hydrogen) atoms. The van der Waals surface area contributed by atoms with E-state index in [0.717, 1.165) is 42.7 Å². The second-order valence-electron chi connectivity index (χ2n) is 7.75. The summed E-state index contributed by atoms with van der Waals surface area (Å²) in [6, 6.07) is 6.45. The Balaban J connectivity index is 1.49. The van der Waals surface area contributed by atoms with Gasteiger partial charge in [-0.2, -0.15) is 0 Å². The zero-order valence-electron chi connectivity index (χ0n) is 14.6. The van der Waals surface area contributed by atoms with Gasteiger partial charge < -0.3 is 10.5 Å². The zero-order chi connectivity index (χ0) is 17.9. The van der Waals surface area contributed by atoms with Crippen molar-refractivity contribution in [3.8, 4) is 5.75 Å². The highest BCUT2D eigenvalue weighted by molar-refractivity contribution is 5.29. The topological polar surface area (TPSA) is 35.2 Å². The van der Waals surface area contributed by atoms with Crippen LogP contribution in [-0.2, 0) is 0 Å². The maximum atomic E-state index is 12.2. The molecule has 2 aliphatic rings. The first kappa shape index (κ1) is 18.6. The summed E-state index contributed by atoms with van der Waals surface area (Å²) in [7, 11) is 0. The molecule has 2 saturated carbocycles. The number of rotatable bonds is 4. The number of halogens is 3. The molecule has 2 aliphatic carbocycles. The lowest BCUT2D eigenvalue weighted by Crippen LogP contribution is -2.27. The molecule has 1 aromatic rings. The van der Waals surface area contributed by atoms with Crippen molar-refractivity contribution in [1.82, 2.24) is 0 Å². The van der Waals surface area contributed by atoms with Crippen LogP contribution in [0.25, 0.3) is 0 Å². The van der Waals surface area contributed by atoms with Gasteiger partial charge in [-0.3, -0.25) is 0 Å². The van der Waals surface area contributed by atoms with Crippen molar-refractivity contribution in [3.05, 3.63) is 29.8 Å². The Morgan fingerprint density at radius 1 is 0.840 bits per heavy atom. The first-order valence-corrected chi connectivity index (χ1v) is 9.50. The highest BCUT2D eigenvalue weighted by atomic mass is 19.4. The lowest BCUT2D eigenvalue weighted by Gasteiger charge is -2.37. The highest BCUT2D eigenvalue weighted by Gasteiger charge is 2.32. The van der Waals surface area contributed by atoms with Crippen LogP contribution in [0.4, 0.5) is 13.2 Å². The Hall–Kier alpha value is -1.23. The van der Waals surface area contributed by atoms with Crippen molar-refractivity contribution in [1.29, 1.82) is 0 Å². The van der Waals surface area contributed by atoms with E-state index in [-0.39, 0.29) is 5.75 Å². The second-order valence-corrected chi connectivity index (χ2v) is 7.75. The van der Waals surface area contributed by atoms with Gasteiger partial charge in [-0.15, -0.1) is 13.2 Å². The molecule has 0 spiro atoms. The van der Waals surface area contributed by atoms with Gasteiger partial charge in [0.15, 0.2) is 0 Å². The SMILES string of the molecule is NCC1CCC(C2CCC(c3ccc(OC(F)(F)F)cc3)CC2)CC1. The average molecular weight is 355 g/mol. The fourth-order valence-electron chi connectivity index (χ4n) is 4.76. The van der Waals surface area contributed by atoms with E-state index in [1.807, 2.05) is 0 Å². The molecule has 0 bridgehead atoms. The lowest BCUT2D eigenvalue weighted by atomic mass is 9.68. The van der Waals surface area contributed by atoms with Crippen LogP contribution in [0, 0.1) is 17.8 Å². The molecule has 0 atom stereocenters. The van der Waals surface area contributed by atoms with Crippen LogP contribution in [-0.4, -0.2) is 12.9 Å². The summed E-state index contributed by atoms with van der Waals surface area (Å²) < 4.78 is 40.7. The molecule has 140 valence electrons. The van der Waals surface area contributed by atoms with E-state index >= 15 is 0 Å². The first-order chi connectivity index (χ1) is 11.9. The van der Waals surface area contributed by atoms with Crippen molar-refractivity contribution >= 4 is 0 Å². The van der Waals surface area contributed by atoms with Crippen molar-refractivity contribution in [3.63, 3.8) is 0 Å². The van der Waals surface area contributed by atoms with Crippen LogP contribution in [0.5, 0.6) is 5.75 Å². The zero-order valence-corrected chi connectivity index (χ0v) is 14.6. The molecule has 1 aromatic carbocycles. The number of hydrogen-bond acceptors (Lipinski definition) is 2. The van der Waals surface area contributed by atoms with Gasteiger partial charge in [-0.05, 0) is 99.3 Å². The summed E-state index contributed by atoms with van der Waals surface area (Å²) >= 11 is 0. The van der Waals surface area contributed by atoms with Crippen LogP contribution in [0.2, 0.25) is 0 Å². The number of benzene rings is 1. The third-order valence-electron chi connectivity index (χ3n) is 6.25. The van der Waals surface area contributed by atoms with Crippen molar-refractivity contribution in [2.75, 3.05) is 6.54 Å². The minimum Gasteiger partial charge on any atom is -0.406 e. The molecule has 0 saturated heterocycles. The maximum absolute atomic E-state index is 12.2. The monoisotopic (exact) mass is 355 g/mol. The number of hydrogen-bond donors (Lipinski definition) is 1. The van der Waals surface area contributed by atoms with Crippen molar-refractivity contribution in [2.45, 2.75) is 63.6 Å². The van der Waals surface area contributed by atoms with Gasteiger partial charge in [0.25, 0.3) is 0 Å². The second kappa shape index (κ2) is 7.98. The van der Waals surface area contributed by atoms with Crippen LogP contribution in [0.1, 0.15) is 62.8 Å². The Kier molecular flexibility index (Phi) is 5.92. The van der Waals surface area contributed by atoms with Gasteiger partial charge in [0, 0.05) is 0 Å². The predicted molar refractivity (Wildman–Crippen MR) is 92.3 cm³/mol. The summed E-state index contributed by atoms with van der Waals surface area (Å²) in [5, 5.41) is 0. The van der Waals surface area contributed by atoms with Gasteiger partial charge in [-0.1, -0.05) is 12.1 Å². The minimum absolute atomic E-state index is 0.137. The van der Waals surface area contributed by atoms with E-state index in [0.29, 0.717) is 5.92 Å². The predicted octanol–water partition coefficient (Wildman–Crippen LogP) is 5.62. The smallest absolute Gasteiger partial charge is 0.406 e. The quantitative estimate of drug-likeness (QED) is 0.760. The van der Waals surface area contributed by atoms with Gasteiger partial charge in [0.2, 0.25) is 0 Å². The van der Waals surface area contributed by atoms with E-state index in [1.165, 1.54) is 50.7 Å². The molecule has 0 aromatic heterocycles.